The molecule has 0 unspecified atom stereocenters. The molecule has 2 aromatic rings. The predicted octanol–water partition coefficient (Wildman–Crippen LogP) is 1.16. The van der Waals surface area contributed by atoms with Gasteiger partial charge < -0.3 is 10.6 Å². The Morgan fingerprint density at radius 3 is 2.95 bits per heavy atom. The zero-order chi connectivity index (χ0) is 14.2. The minimum Gasteiger partial charge on any atom is -0.321 e. The van der Waals surface area contributed by atoms with Crippen LogP contribution in [-0.2, 0) is 12.8 Å². The first-order chi connectivity index (χ1) is 10.3. The molecule has 2 N–H and O–H groups in total. The highest BCUT2D eigenvalue weighted by atomic mass is 16.2. The topological polar surface area (TPSA) is 71.8 Å². The molecule has 1 aromatic carbocycles. The van der Waals surface area contributed by atoms with Crippen molar-refractivity contribution in [1.29, 1.82) is 0 Å². The summed E-state index contributed by atoms with van der Waals surface area (Å²) in [6, 6.07) is 6.46. The van der Waals surface area contributed by atoms with Crippen molar-refractivity contribution in [3.8, 4) is 0 Å². The summed E-state index contributed by atoms with van der Waals surface area (Å²) in [6.45, 7) is 1.77. The van der Waals surface area contributed by atoms with E-state index in [1.165, 1.54) is 17.5 Å². The van der Waals surface area contributed by atoms with Crippen LogP contribution >= 0.6 is 0 Å². The number of aryl methyl sites for hydroxylation is 2. The van der Waals surface area contributed by atoms with Crippen LogP contribution in [0.4, 0.5) is 5.69 Å². The fourth-order valence-electron chi connectivity index (χ4n) is 2.86. The van der Waals surface area contributed by atoms with Crippen molar-refractivity contribution in [3.05, 3.63) is 41.2 Å². The highest BCUT2D eigenvalue weighted by molar-refractivity contribution is 6.02. The molecule has 1 aliphatic carbocycles. The SMILES string of the molecule is O=C(Nc1ccc2c(c1)CCC2)c1cn(C2CNC2)nn1. The zero-order valence-electron chi connectivity index (χ0n) is 11.7. The van der Waals surface area contributed by atoms with Crippen LogP contribution in [0.3, 0.4) is 0 Å². The number of carbonyl (C=O) groups is 1. The summed E-state index contributed by atoms with van der Waals surface area (Å²) in [7, 11) is 0. The molecule has 4 rings (SSSR count). The van der Waals surface area contributed by atoms with Crippen molar-refractivity contribution in [2.75, 3.05) is 18.4 Å². The molecular formula is C15H17N5O. The third kappa shape index (κ3) is 2.31. The van der Waals surface area contributed by atoms with Gasteiger partial charge in [-0.05, 0) is 42.5 Å². The third-order valence-electron chi connectivity index (χ3n) is 4.23. The average Bonchev–Trinajstić information content (AvgIpc) is 3.04. The molecule has 108 valence electrons. The Morgan fingerprint density at radius 2 is 2.14 bits per heavy atom. The molecule has 21 heavy (non-hydrogen) atoms. The van der Waals surface area contributed by atoms with Crippen LogP contribution in [0.2, 0.25) is 0 Å². The lowest BCUT2D eigenvalue weighted by Crippen LogP contribution is -2.43. The van der Waals surface area contributed by atoms with Gasteiger partial charge in [-0.15, -0.1) is 5.10 Å². The number of nitrogens with zero attached hydrogens (tertiary/aromatic N) is 3. The molecule has 0 bridgehead atoms. The van der Waals surface area contributed by atoms with Crippen molar-refractivity contribution < 1.29 is 4.79 Å². The van der Waals surface area contributed by atoms with Crippen molar-refractivity contribution in [3.63, 3.8) is 0 Å². The number of rotatable bonds is 3. The lowest BCUT2D eigenvalue weighted by atomic mass is 10.1. The van der Waals surface area contributed by atoms with Gasteiger partial charge in [0.15, 0.2) is 5.69 Å². The van der Waals surface area contributed by atoms with E-state index in [4.69, 9.17) is 0 Å². The van der Waals surface area contributed by atoms with Crippen LogP contribution in [0.25, 0.3) is 0 Å². The number of amides is 1. The van der Waals surface area contributed by atoms with Crippen LogP contribution in [0, 0.1) is 0 Å². The lowest BCUT2D eigenvalue weighted by molar-refractivity contribution is 0.102. The Hall–Kier alpha value is -2.21. The fourth-order valence-corrected chi connectivity index (χ4v) is 2.86. The molecule has 0 radical (unpaired) electrons. The Morgan fingerprint density at radius 1 is 1.29 bits per heavy atom. The smallest absolute Gasteiger partial charge is 0.277 e. The van der Waals surface area contributed by atoms with E-state index >= 15 is 0 Å². The molecule has 2 heterocycles. The molecule has 0 saturated carbocycles. The van der Waals surface area contributed by atoms with Crippen molar-refractivity contribution in [1.82, 2.24) is 20.3 Å². The van der Waals surface area contributed by atoms with Crippen molar-refractivity contribution in [2.45, 2.75) is 25.3 Å². The van der Waals surface area contributed by atoms with Crippen LogP contribution < -0.4 is 10.6 Å². The van der Waals surface area contributed by atoms with E-state index in [9.17, 15) is 4.79 Å². The first-order valence-corrected chi connectivity index (χ1v) is 7.35. The molecule has 1 aliphatic heterocycles. The molecule has 1 amide bonds. The number of hydrogen-bond acceptors (Lipinski definition) is 4. The van der Waals surface area contributed by atoms with Gasteiger partial charge in [0.25, 0.3) is 5.91 Å². The minimum absolute atomic E-state index is 0.202. The number of hydrogen-bond donors (Lipinski definition) is 2. The maximum atomic E-state index is 12.2. The van der Waals surface area contributed by atoms with Gasteiger partial charge in [-0.2, -0.15) is 0 Å². The third-order valence-corrected chi connectivity index (χ3v) is 4.23. The zero-order valence-corrected chi connectivity index (χ0v) is 11.7. The van der Waals surface area contributed by atoms with Crippen LogP contribution in [-0.4, -0.2) is 34.0 Å². The summed E-state index contributed by atoms with van der Waals surface area (Å²) in [4.78, 5) is 12.2. The van der Waals surface area contributed by atoms with E-state index in [2.05, 4.69) is 33.1 Å². The molecule has 0 atom stereocenters. The Kier molecular flexibility index (Phi) is 2.96. The standard InChI is InChI=1S/C15H17N5O/c21-15(14-9-20(19-18-14)13-7-16-8-13)17-12-5-4-10-2-1-3-11(10)6-12/h4-6,9,13,16H,1-3,7-8H2,(H,17,21). The summed E-state index contributed by atoms with van der Waals surface area (Å²) >= 11 is 0. The number of nitrogens with one attached hydrogen (secondary N) is 2. The van der Waals surface area contributed by atoms with E-state index in [1.807, 2.05) is 6.07 Å². The molecule has 6 nitrogen and oxygen atoms in total. The minimum atomic E-state index is -0.202. The Bertz CT molecular complexity index is 689. The van der Waals surface area contributed by atoms with Crippen LogP contribution in [0.5, 0.6) is 0 Å². The average molecular weight is 283 g/mol. The van der Waals surface area contributed by atoms with Gasteiger partial charge in [0.05, 0.1) is 12.2 Å². The van der Waals surface area contributed by atoms with Crippen molar-refractivity contribution in [2.24, 2.45) is 0 Å². The van der Waals surface area contributed by atoms with E-state index in [0.29, 0.717) is 11.7 Å². The second kappa shape index (κ2) is 4.96. The maximum Gasteiger partial charge on any atom is 0.277 e. The van der Waals surface area contributed by atoms with Gasteiger partial charge in [-0.3, -0.25) is 4.79 Å². The molecule has 0 spiro atoms. The number of anilines is 1. The number of aromatic nitrogens is 3. The molecule has 2 aliphatic rings. The molecular weight excluding hydrogens is 266 g/mol. The first-order valence-electron chi connectivity index (χ1n) is 7.35. The highest BCUT2D eigenvalue weighted by Crippen LogP contribution is 2.25. The van der Waals surface area contributed by atoms with E-state index in [1.54, 1.807) is 10.9 Å². The second-order valence-corrected chi connectivity index (χ2v) is 5.69. The van der Waals surface area contributed by atoms with E-state index in [-0.39, 0.29) is 5.91 Å². The Balaban J connectivity index is 1.48. The molecule has 1 aromatic heterocycles. The largest absolute Gasteiger partial charge is 0.321 e. The molecule has 1 saturated heterocycles. The van der Waals surface area contributed by atoms with Crippen LogP contribution in [0.1, 0.15) is 34.1 Å². The van der Waals surface area contributed by atoms with Gasteiger partial charge in [0, 0.05) is 18.8 Å². The number of benzene rings is 1. The summed E-state index contributed by atoms with van der Waals surface area (Å²) in [6.07, 6.45) is 5.17. The van der Waals surface area contributed by atoms with Crippen molar-refractivity contribution >= 4 is 11.6 Å². The number of carbonyl (C=O) groups excluding carboxylic acids is 1. The summed E-state index contributed by atoms with van der Waals surface area (Å²) in [5.74, 6) is -0.202. The normalized spacial score (nSPS) is 17.3. The molecule has 6 heteroatoms. The predicted molar refractivity (Wildman–Crippen MR) is 78.3 cm³/mol. The van der Waals surface area contributed by atoms with Crippen LogP contribution in [0.15, 0.2) is 24.4 Å². The highest BCUT2D eigenvalue weighted by Gasteiger charge is 2.22. The van der Waals surface area contributed by atoms with Gasteiger partial charge in [0.1, 0.15) is 0 Å². The van der Waals surface area contributed by atoms with Gasteiger partial charge in [0.2, 0.25) is 0 Å². The van der Waals surface area contributed by atoms with E-state index in [0.717, 1.165) is 31.6 Å². The van der Waals surface area contributed by atoms with Gasteiger partial charge in [-0.1, -0.05) is 11.3 Å². The summed E-state index contributed by atoms with van der Waals surface area (Å²) in [5, 5.41) is 14.1. The molecule has 1 fully saturated rings. The summed E-state index contributed by atoms with van der Waals surface area (Å²) in [5.41, 5.74) is 3.94. The number of fused-ring (bicyclic) bond motifs is 1. The quantitative estimate of drug-likeness (QED) is 0.887. The van der Waals surface area contributed by atoms with Gasteiger partial charge in [-0.25, -0.2) is 4.68 Å². The second-order valence-electron chi connectivity index (χ2n) is 5.69. The fraction of sp³-hybridized carbons (Fsp3) is 0.400. The summed E-state index contributed by atoms with van der Waals surface area (Å²) < 4.78 is 1.76. The first kappa shape index (κ1) is 12.5. The maximum absolute atomic E-state index is 12.2. The van der Waals surface area contributed by atoms with Gasteiger partial charge >= 0.3 is 0 Å². The lowest BCUT2D eigenvalue weighted by Gasteiger charge is -2.26. The monoisotopic (exact) mass is 283 g/mol. The van der Waals surface area contributed by atoms with E-state index < -0.39 is 0 Å². The Labute approximate surface area is 122 Å².